The van der Waals surface area contributed by atoms with Gasteiger partial charge in [-0.25, -0.2) is 4.79 Å². The van der Waals surface area contributed by atoms with Crippen molar-refractivity contribution < 1.29 is 23.1 Å². The van der Waals surface area contributed by atoms with Crippen LogP contribution in [0.4, 0.5) is 18.9 Å². The standard InChI is InChI=1S/C15H16F3NO2/c1-10-8-13(4-2-11(10)3-7-14(20)21)19(12-5-6-12)9-15(16,17)18/h2-4,7-8,12H,5-6,9H2,1H3,(H,20,21). The third-order valence-electron chi connectivity index (χ3n) is 3.33. The molecule has 6 heteroatoms. The predicted molar refractivity (Wildman–Crippen MR) is 74.3 cm³/mol. The normalized spacial score (nSPS) is 15.4. The number of alkyl halides is 3. The Morgan fingerprint density at radius 1 is 1.43 bits per heavy atom. The topological polar surface area (TPSA) is 40.5 Å². The van der Waals surface area contributed by atoms with Crippen molar-refractivity contribution in [2.45, 2.75) is 32.0 Å². The molecule has 0 bridgehead atoms. The molecule has 1 N–H and O–H groups in total. The molecule has 0 saturated heterocycles. The Morgan fingerprint density at radius 2 is 2.10 bits per heavy atom. The summed E-state index contributed by atoms with van der Waals surface area (Å²) in [5.74, 6) is -1.06. The summed E-state index contributed by atoms with van der Waals surface area (Å²) in [7, 11) is 0. The van der Waals surface area contributed by atoms with Gasteiger partial charge in [0.15, 0.2) is 0 Å². The fourth-order valence-corrected chi connectivity index (χ4v) is 2.20. The number of rotatable bonds is 5. The van der Waals surface area contributed by atoms with Crippen LogP contribution in [0.3, 0.4) is 0 Å². The molecule has 1 aliphatic rings. The molecular formula is C15H16F3NO2. The third-order valence-corrected chi connectivity index (χ3v) is 3.33. The highest BCUT2D eigenvalue weighted by Gasteiger charge is 2.38. The summed E-state index contributed by atoms with van der Waals surface area (Å²) in [6.07, 6.45) is -0.243. The molecule has 1 fully saturated rings. The molecule has 114 valence electrons. The van der Waals surface area contributed by atoms with Crippen LogP contribution < -0.4 is 4.90 Å². The zero-order chi connectivity index (χ0) is 15.6. The van der Waals surface area contributed by atoms with Crippen molar-refractivity contribution in [2.24, 2.45) is 0 Å². The summed E-state index contributed by atoms with van der Waals surface area (Å²) in [6, 6.07) is 4.88. The maximum atomic E-state index is 12.7. The molecule has 21 heavy (non-hydrogen) atoms. The lowest BCUT2D eigenvalue weighted by Crippen LogP contribution is -2.36. The van der Waals surface area contributed by atoms with Crippen molar-refractivity contribution in [3.05, 3.63) is 35.4 Å². The van der Waals surface area contributed by atoms with Crippen LogP contribution >= 0.6 is 0 Å². The summed E-state index contributed by atoms with van der Waals surface area (Å²) in [5.41, 5.74) is 1.96. The molecule has 1 saturated carbocycles. The van der Waals surface area contributed by atoms with Crippen molar-refractivity contribution >= 4 is 17.7 Å². The van der Waals surface area contributed by atoms with Gasteiger partial charge in [0.05, 0.1) is 0 Å². The third kappa shape index (κ3) is 4.51. The average molecular weight is 299 g/mol. The molecular weight excluding hydrogens is 283 g/mol. The monoisotopic (exact) mass is 299 g/mol. The molecule has 0 atom stereocenters. The van der Waals surface area contributed by atoms with Crippen LogP contribution in [0, 0.1) is 6.92 Å². The van der Waals surface area contributed by atoms with Crippen molar-refractivity contribution in [3.8, 4) is 0 Å². The van der Waals surface area contributed by atoms with E-state index in [0.29, 0.717) is 11.3 Å². The first-order valence-electron chi connectivity index (χ1n) is 6.61. The highest BCUT2D eigenvalue weighted by atomic mass is 19.4. The molecule has 1 aromatic carbocycles. The van der Waals surface area contributed by atoms with Gasteiger partial charge in [-0.05, 0) is 49.1 Å². The molecule has 0 heterocycles. The second-order valence-corrected chi connectivity index (χ2v) is 5.19. The van der Waals surface area contributed by atoms with E-state index in [0.717, 1.165) is 24.5 Å². The van der Waals surface area contributed by atoms with E-state index >= 15 is 0 Å². The van der Waals surface area contributed by atoms with Crippen molar-refractivity contribution in [1.82, 2.24) is 0 Å². The number of halogens is 3. The van der Waals surface area contributed by atoms with Gasteiger partial charge in [0.25, 0.3) is 0 Å². The van der Waals surface area contributed by atoms with Crippen LogP contribution in [-0.4, -0.2) is 29.8 Å². The van der Waals surface area contributed by atoms with Crippen LogP contribution in [0.2, 0.25) is 0 Å². The molecule has 3 nitrogen and oxygen atoms in total. The van der Waals surface area contributed by atoms with Crippen LogP contribution in [-0.2, 0) is 4.79 Å². The number of hydrogen-bond donors (Lipinski definition) is 1. The average Bonchev–Trinajstić information content (AvgIpc) is 3.17. The largest absolute Gasteiger partial charge is 0.478 e. The number of carboxylic acids is 1. The Hall–Kier alpha value is -1.98. The van der Waals surface area contributed by atoms with Gasteiger partial charge in [0.2, 0.25) is 0 Å². The minimum atomic E-state index is -4.24. The number of carboxylic acid groups (broad SMARTS) is 1. The molecule has 2 rings (SSSR count). The Balaban J connectivity index is 2.22. The summed E-state index contributed by atoms with van der Waals surface area (Å²) in [6.45, 7) is 0.797. The highest BCUT2D eigenvalue weighted by Crippen LogP contribution is 2.35. The number of aryl methyl sites for hydroxylation is 1. The van der Waals surface area contributed by atoms with Crippen LogP contribution in [0.25, 0.3) is 6.08 Å². The minimum Gasteiger partial charge on any atom is -0.478 e. The number of benzene rings is 1. The van der Waals surface area contributed by atoms with E-state index in [1.165, 1.54) is 11.0 Å². The lowest BCUT2D eigenvalue weighted by atomic mass is 10.1. The second kappa shape index (κ2) is 5.79. The molecule has 1 aliphatic carbocycles. The zero-order valence-electron chi connectivity index (χ0n) is 11.5. The van der Waals surface area contributed by atoms with E-state index in [1.807, 2.05) is 0 Å². The maximum Gasteiger partial charge on any atom is 0.405 e. The van der Waals surface area contributed by atoms with E-state index < -0.39 is 18.7 Å². The number of carbonyl (C=O) groups is 1. The molecule has 0 spiro atoms. The first-order valence-corrected chi connectivity index (χ1v) is 6.61. The summed E-state index contributed by atoms with van der Waals surface area (Å²) in [5, 5.41) is 8.60. The van der Waals surface area contributed by atoms with Gasteiger partial charge in [0.1, 0.15) is 6.54 Å². The van der Waals surface area contributed by atoms with Gasteiger partial charge in [-0.15, -0.1) is 0 Å². The van der Waals surface area contributed by atoms with E-state index in [4.69, 9.17) is 5.11 Å². The summed E-state index contributed by atoms with van der Waals surface area (Å²) < 4.78 is 38.0. The van der Waals surface area contributed by atoms with Gasteiger partial charge in [0, 0.05) is 17.8 Å². The number of anilines is 1. The van der Waals surface area contributed by atoms with Gasteiger partial charge in [-0.1, -0.05) is 6.07 Å². The fourth-order valence-electron chi connectivity index (χ4n) is 2.20. The smallest absolute Gasteiger partial charge is 0.405 e. The van der Waals surface area contributed by atoms with E-state index in [-0.39, 0.29) is 6.04 Å². The number of aliphatic carboxylic acids is 1. The number of nitrogens with zero attached hydrogens (tertiary/aromatic N) is 1. The van der Waals surface area contributed by atoms with Crippen molar-refractivity contribution in [1.29, 1.82) is 0 Å². The SMILES string of the molecule is Cc1cc(N(CC(F)(F)F)C2CC2)ccc1C=CC(=O)O. The van der Waals surface area contributed by atoms with Crippen LogP contribution in [0.5, 0.6) is 0 Å². The second-order valence-electron chi connectivity index (χ2n) is 5.19. The van der Waals surface area contributed by atoms with Crippen molar-refractivity contribution in [2.75, 3.05) is 11.4 Å². The Labute approximate surface area is 120 Å². The highest BCUT2D eigenvalue weighted by molar-refractivity contribution is 5.85. The zero-order valence-corrected chi connectivity index (χ0v) is 11.5. The van der Waals surface area contributed by atoms with Gasteiger partial charge in [-0.2, -0.15) is 13.2 Å². The van der Waals surface area contributed by atoms with Gasteiger partial charge >= 0.3 is 12.1 Å². The summed E-state index contributed by atoms with van der Waals surface area (Å²) in [4.78, 5) is 11.9. The maximum absolute atomic E-state index is 12.7. The molecule has 0 aromatic heterocycles. The summed E-state index contributed by atoms with van der Waals surface area (Å²) >= 11 is 0. The molecule has 0 aliphatic heterocycles. The van der Waals surface area contributed by atoms with E-state index in [2.05, 4.69) is 0 Å². The molecule has 0 amide bonds. The Bertz CT molecular complexity index is 563. The Morgan fingerprint density at radius 3 is 2.57 bits per heavy atom. The lowest BCUT2D eigenvalue weighted by molar-refractivity contribution is -0.131. The van der Waals surface area contributed by atoms with Crippen molar-refractivity contribution in [3.63, 3.8) is 0 Å². The number of hydrogen-bond acceptors (Lipinski definition) is 2. The molecule has 1 aromatic rings. The first kappa shape index (κ1) is 15.4. The lowest BCUT2D eigenvalue weighted by Gasteiger charge is -2.26. The fraction of sp³-hybridized carbons (Fsp3) is 0.400. The first-order chi connectivity index (χ1) is 9.76. The quantitative estimate of drug-likeness (QED) is 0.844. The molecule has 0 unspecified atom stereocenters. The van der Waals surface area contributed by atoms with Gasteiger partial charge in [-0.3, -0.25) is 0 Å². The van der Waals surface area contributed by atoms with E-state index in [9.17, 15) is 18.0 Å². The van der Waals surface area contributed by atoms with E-state index in [1.54, 1.807) is 25.1 Å². The minimum absolute atomic E-state index is 0.0496. The molecule has 0 radical (unpaired) electrons. The van der Waals surface area contributed by atoms with Crippen LogP contribution in [0.1, 0.15) is 24.0 Å². The Kier molecular flexibility index (Phi) is 4.25. The van der Waals surface area contributed by atoms with Crippen LogP contribution in [0.15, 0.2) is 24.3 Å². The predicted octanol–water partition coefficient (Wildman–Crippen LogP) is 3.62. The van der Waals surface area contributed by atoms with Gasteiger partial charge < -0.3 is 10.0 Å².